The van der Waals surface area contributed by atoms with E-state index < -0.39 is 5.91 Å². The summed E-state index contributed by atoms with van der Waals surface area (Å²) >= 11 is 0. The molecule has 1 amide bonds. The van der Waals surface area contributed by atoms with Crippen LogP contribution in [0, 0.1) is 5.92 Å². The van der Waals surface area contributed by atoms with Gasteiger partial charge in [-0.25, -0.2) is 0 Å². The van der Waals surface area contributed by atoms with Gasteiger partial charge in [-0.2, -0.15) is 0 Å². The fraction of sp³-hybridized carbons (Fsp3) is 0.818. The first-order chi connectivity index (χ1) is 7.47. The summed E-state index contributed by atoms with van der Waals surface area (Å²) in [5, 5.41) is 0. The van der Waals surface area contributed by atoms with Gasteiger partial charge in [0.05, 0.1) is 13.7 Å². The molecule has 0 aromatic rings. The SMILES string of the molecule is COC(=O)C(C1CC1)N(CC(N)=O)C(C)C. The highest BCUT2D eigenvalue weighted by Gasteiger charge is 2.42. The molecule has 1 atom stereocenters. The standard InChI is InChI=1S/C11H20N2O3/c1-7(2)13(6-9(12)14)10(8-4-5-8)11(15)16-3/h7-8,10H,4-6H2,1-3H3,(H2,12,14). The Hall–Kier alpha value is -1.10. The summed E-state index contributed by atoms with van der Waals surface area (Å²) in [5.41, 5.74) is 5.20. The molecular weight excluding hydrogens is 208 g/mol. The molecule has 5 nitrogen and oxygen atoms in total. The van der Waals surface area contributed by atoms with Gasteiger partial charge in [-0.05, 0) is 32.6 Å². The van der Waals surface area contributed by atoms with E-state index >= 15 is 0 Å². The van der Waals surface area contributed by atoms with E-state index in [9.17, 15) is 9.59 Å². The molecule has 5 heteroatoms. The van der Waals surface area contributed by atoms with Gasteiger partial charge in [0.1, 0.15) is 6.04 Å². The van der Waals surface area contributed by atoms with Gasteiger partial charge in [0.15, 0.2) is 0 Å². The van der Waals surface area contributed by atoms with Gasteiger partial charge in [-0.15, -0.1) is 0 Å². The maximum absolute atomic E-state index is 11.7. The molecule has 16 heavy (non-hydrogen) atoms. The number of hydrogen-bond acceptors (Lipinski definition) is 4. The molecule has 0 spiro atoms. The van der Waals surface area contributed by atoms with Crippen molar-refractivity contribution in [3.05, 3.63) is 0 Å². The van der Waals surface area contributed by atoms with Crippen LogP contribution in [0.3, 0.4) is 0 Å². The third-order valence-electron chi connectivity index (χ3n) is 2.87. The molecule has 1 fully saturated rings. The van der Waals surface area contributed by atoms with Crippen molar-refractivity contribution >= 4 is 11.9 Å². The van der Waals surface area contributed by atoms with Crippen LogP contribution in [0.15, 0.2) is 0 Å². The number of nitrogens with two attached hydrogens (primary N) is 1. The molecule has 0 aliphatic heterocycles. The molecule has 1 aliphatic carbocycles. The number of carbonyl (C=O) groups is 2. The summed E-state index contributed by atoms with van der Waals surface area (Å²) < 4.78 is 4.79. The Kier molecular flexibility index (Phi) is 4.29. The zero-order valence-corrected chi connectivity index (χ0v) is 10.1. The average molecular weight is 228 g/mol. The number of amides is 1. The summed E-state index contributed by atoms with van der Waals surface area (Å²) in [7, 11) is 1.38. The number of hydrogen-bond donors (Lipinski definition) is 1. The van der Waals surface area contributed by atoms with Gasteiger partial charge in [0.25, 0.3) is 0 Å². The Morgan fingerprint density at radius 1 is 1.44 bits per heavy atom. The molecule has 92 valence electrons. The summed E-state index contributed by atoms with van der Waals surface area (Å²) in [6.45, 7) is 4.00. The van der Waals surface area contributed by atoms with Crippen molar-refractivity contribution in [2.24, 2.45) is 11.7 Å². The third kappa shape index (κ3) is 3.20. The van der Waals surface area contributed by atoms with Crippen molar-refractivity contribution in [3.8, 4) is 0 Å². The first-order valence-corrected chi connectivity index (χ1v) is 5.59. The van der Waals surface area contributed by atoms with Crippen molar-refractivity contribution in [3.63, 3.8) is 0 Å². The predicted molar refractivity (Wildman–Crippen MR) is 59.6 cm³/mol. The van der Waals surface area contributed by atoms with Crippen LogP contribution in [0.5, 0.6) is 0 Å². The molecule has 0 aromatic heterocycles. The molecule has 1 aliphatic rings. The highest BCUT2D eigenvalue weighted by atomic mass is 16.5. The van der Waals surface area contributed by atoms with E-state index in [2.05, 4.69) is 0 Å². The minimum Gasteiger partial charge on any atom is -0.468 e. The molecule has 0 saturated heterocycles. The number of rotatable bonds is 6. The van der Waals surface area contributed by atoms with Gasteiger partial charge in [-0.1, -0.05) is 0 Å². The largest absolute Gasteiger partial charge is 0.468 e. The molecule has 1 saturated carbocycles. The van der Waals surface area contributed by atoms with Crippen molar-refractivity contribution in [1.29, 1.82) is 0 Å². The van der Waals surface area contributed by atoms with Gasteiger partial charge >= 0.3 is 5.97 Å². The lowest BCUT2D eigenvalue weighted by Gasteiger charge is -2.32. The lowest BCUT2D eigenvalue weighted by molar-refractivity contribution is -0.149. The first-order valence-electron chi connectivity index (χ1n) is 5.59. The van der Waals surface area contributed by atoms with E-state index in [-0.39, 0.29) is 24.6 Å². The molecule has 0 heterocycles. The number of ether oxygens (including phenoxy) is 1. The van der Waals surface area contributed by atoms with Crippen molar-refractivity contribution in [2.75, 3.05) is 13.7 Å². The van der Waals surface area contributed by atoms with E-state index in [0.29, 0.717) is 5.92 Å². The van der Waals surface area contributed by atoms with Crippen molar-refractivity contribution in [1.82, 2.24) is 4.90 Å². The highest BCUT2D eigenvalue weighted by molar-refractivity contribution is 5.80. The van der Waals surface area contributed by atoms with Crippen LogP contribution in [0.4, 0.5) is 0 Å². The first kappa shape index (κ1) is 13.0. The lowest BCUT2D eigenvalue weighted by atomic mass is 10.1. The molecule has 2 N–H and O–H groups in total. The molecule has 0 aromatic carbocycles. The van der Waals surface area contributed by atoms with E-state index in [4.69, 9.17) is 10.5 Å². The van der Waals surface area contributed by atoms with Crippen molar-refractivity contribution < 1.29 is 14.3 Å². The van der Waals surface area contributed by atoms with Crippen molar-refractivity contribution in [2.45, 2.75) is 38.8 Å². The monoisotopic (exact) mass is 228 g/mol. The fourth-order valence-electron chi connectivity index (χ4n) is 1.91. The lowest BCUT2D eigenvalue weighted by Crippen LogP contribution is -2.50. The zero-order valence-electron chi connectivity index (χ0n) is 10.1. The van der Waals surface area contributed by atoms with Crippen LogP contribution >= 0.6 is 0 Å². The maximum atomic E-state index is 11.7. The fourth-order valence-corrected chi connectivity index (χ4v) is 1.91. The Bertz CT molecular complexity index is 274. The number of carbonyl (C=O) groups excluding carboxylic acids is 2. The van der Waals surface area contributed by atoms with Crippen LogP contribution < -0.4 is 5.73 Å². The Morgan fingerprint density at radius 2 is 2.00 bits per heavy atom. The van der Waals surface area contributed by atoms with Crippen LogP contribution in [0.25, 0.3) is 0 Å². The van der Waals surface area contributed by atoms with E-state index in [0.717, 1.165) is 12.8 Å². The predicted octanol–water partition coefficient (Wildman–Crippen LogP) is 0.134. The van der Waals surface area contributed by atoms with Crippen LogP contribution in [0.1, 0.15) is 26.7 Å². The summed E-state index contributed by atoms with van der Waals surface area (Å²) in [6.07, 6.45) is 2.03. The summed E-state index contributed by atoms with van der Waals surface area (Å²) in [6, 6.07) is -0.227. The summed E-state index contributed by atoms with van der Waals surface area (Å²) in [5.74, 6) is -0.366. The smallest absolute Gasteiger partial charge is 0.323 e. The van der Waals surface area contributed by atoms with Gasteiger partial charge in [0.2, 0.25) is 5.91 Å². The molecule has 1 rings (SSSR count). The second-order valence-corrected chi connectivity index (χ2v) is 4.54. The Balaban J connectivity index is 2.78. The third-order valence-corrected chi connectivity index (χ3v) is 2.87. The second kappa shape index (κ2) is 5.30. The van der Waals surface area contributed by atoms with Crippen LogP contribution in [-0.2, 0) is 14.3 Å². The summed E-state index contributed by atoms with van der Waals surface area (Å²) in [4.78, 5) is 24.5. The minimum absolute atomic E-state index is 0.0946. The van der Waals surface area contributed by atoms with Crippen LogP contribution in [-0.4, -0.2) is 42.5 Å². The number of nitrogens with zero attached hydrogens (tertiary/aromatic N) is 1. The Morgan fingerprint density at radius 3 is 2.31 bits per heavy atom. The van der Waals surface area contributed by atoms with Crippen LogP contribution in [0.2, 0.25) is 0 Å². The second-order valence-electron chi connectivity index (χ2n) is 4.54. The Labute approximate surface area is 95.9 Å². The number of primary amides is 1. The number of esters is 1. The van der Waals surface area contributed by atoms with Gasteiger partial charge < -0.3 is 10.5 Å². The maximum Gasteiger partial charge on any atom is 0.323 e. The zero-order chi connectivity index (χ0) is 12.3. The highest BCUT2D eigenvalue weighted by Crippen LogP contribution is 2.36. The molecule has 1 unspecified atom stereocenters. The minimum atomic E-state index is -0.414. The van der Waals surface area contributed by atoms with Gasteiger partial charge in [-0.3, -0.25) is 14.5 Å². The van der Waals surface area contributed by atoms with E-state index in [1.54, 1.807) is 0 Å². The normalized spacial score (nSPS) is 17.6. The topological polar surface area (TPSA) is 72.6 Å². The van der Waals surface area contributed by atoms with E-state index in [1.807, 2.05) is 18.7 Å². The molecule has 0 bridgehead atoms. The average Bonchev–Trinajstić information content (AvgIpc) is 2.99. The molecule has 0 radical (unpaired) electrons. The number of methoxy groups -OCH3 is 1. The molecular formula is C11H20N2O3. The quantitative estimate of drug-likeness (QED) is 0.656. The van der Waals surface area contributed by atoms with Gasteiger partial charge in [0, 0.05) is 6.04 Å². The van der Waals surface area contributed by atoms with E-state index in [1.165, 1.54) is 7.11 Å².